The van der Waals surface area contributed by atoms with E-state index in [1.807, 2.05) is 30.5 Å². The fraction of sp³-hybridized carbons (Fsp3) is 0.231. The summed E-state index contributed by atoms with van der Waals surface area (Å²) in [5.41, 5.74) is 7.30. The van der Waals surface area contributed by atoms with Crippen molar-refractivity contribution < 1.29 is 4.79 Å². The van der Waals surface area contributed by atoms with Crippen LogP contribution in [-0.4, -0.2) is 10.9 Å². The SMILES string of the molecule is CC(NC(=O)Cc1ccccc1N)c1nccs1. The van der Waals surface area contributed by atoms with Gasteiger partial charge in [-0.1, -0.05) is 18.2 Å². The molecule has 5 heteroatoms. The molecule has 0 saturated carbocycles. The zero-order valence-corrected chi connectivity index (χ0v) is 10.9. The van der Waals surface area contributed by atoms with Crippen molar-refractivity contribution in [3.8, 4) is 0 Å². The number of hydrogen-bond acceptors (Lipinski definition) is 4. The van der Waals surface area contributed by atoms with Gasteiger partial charge in [-0.3, -0.25) is 4.79 Å². The van der Waals surface area contributed by atoms with Crippen molar-refractivity contribution in [3.05, 3.63) is 46.4 Å². The number of aromatic nitrogens is 1. The van der Waals surface area contributed by atoms with E-state index in [0.29, 0.717) is 12.1 Å². The van der Waals surface area contributed by atoms with Gasteiger partial charge in [0.15, 0.2) is 0 Å². The molecule has 3 N–H and O–H groups in total. The smallest absolute Gasteiger partial charge is 0.225 e. The predicted octanol–water partition coefficient (Wildman–Crippen LogP) is 2.15. The Bertz CT molecular complexity index is 525. The second kappa shape index (κ2) is 5.64. The first-order valence-electron chi connectivity index (χ1n) is 5.69. The first-order valence-corrected chi connectivity index (χ1v) is 6.57. The molecule has 1 heterocycles. The zero-order valence-electron chi connectivity index (χ0n) is 10.1. The fourth-order valence-corrected chi connectivity index (χ4v) is 2.32. The minimum absolute atomic E-state index is 0.0457. The third kappa shape index (κ3) is 3.07. The van der Waals surface area contributed by atoms with Crippen LogP contribution in [0.2, 0.25) is 0 Å². The van der Waals surface area contributed by atoms with Crippen molar-refractivity contribution in [2.24, 2.45) is 0 Å². The van der Waals surface area contributed by atoms with Gasteiger partial charge in [-0.15, -0.1) is 11.3 Å². The maximum Gasteiger partial charge on any atom is 0.225 e. The molecule has 2 rings (SSSR count). The predicted molar refractivity (Wildman–Crippen MR) is 73.2 cm³/mol. The van der Waals surface area contributed by atoms with Crippen LogP contribution in [0.1, 0.15) is 23.5 Å². The minimum Gasteiger partial charge on any atom is -0.398 e. The molecule has 1 amide bonds. The summed E-state index contributed by atoms with van der Waals surface area (Å²) < 4.78 is 0. The summed E-state index contributed by atoms with van der Waals surface area (Å²) in [6.45, 7) is 1.92. The molecule has 1 aromatic carbocycles. The number of nitrogens with one attached hydrogen (secondary N) is 1. The van der Waals surface area contributed by atoms with Gasteiger partial charge in [0.05, 0.1) is 12.5 Å². The maximum atomic E-state index is 11.9. The Hall–Kier alpha value is -1.88. The van der Waals surface area contributed by atoms with Crippen molar-refractivity contribution >= 4 is 22.9 Å². The van der Waals surface area contributed by atoms with E-state index in [4.69, 9.17) is 5.73 Å². The second-order valence-electron chi connectivity index (χ2n) is 4.04. The number of nitrogens with two attached hydrogens (primary N) is 1. The number of carbonyl (C=O) groups is 1. The van der Waals surface area contributed by atoms with E-state index in [1.165, 1.54) is 11.3 Å². The van der Waals surface area contributed by atoms with Crippen LogP contribution < -0.4 is 11.1 Å². The largest absolute Gasteiger partial charge is 0.398 e. The van der Waals surface area contributed by atoms with Crippen LogP contribution in [0.3, 0.4) is 0 Å². The van der Waals surface area contributed by atoms with Gasteiger partial charge in [0.2, 0.25) is 5.91 Å². The first-order chi connectivity index (χ1) is 8.66. The Morgan fingerprint density at radius 3 is 2.94 bits per heavy atom. The quantitative estimate of drug-likeness (QED) is 0.829. The van der Waals surface area contributed by atoms with Gasteiger partial charge in [-0.05, 0) is 18.6 Å². The molecule has 2 aromatic rings. The number of rotatable bonds is 4. The number of nitrogen functional groups attached to an aromatic ring is 1. The van der Waals surface area contributed by atoms with Gasteiger partial charge in [-0.2, -0.15) is 0 Å². The van der Waals surface area contributed by atoms with Crippen LogP contribution in [0.4, 0.5) is 5.69 Å². The number of thiazole rings is 1. The van der Waals surface area contributed by atoms with Crippen LogP contribution in [-0.2, 0) is 11.2 Å². The molecule has 0 aliphatic rings. The van der Waals surface area contributed by atoms with Gasteiger partial charge in [0, 0.05) is 17.3 Å². The number of para-hydroxylation sites is 1. The van der Waals surface area contributed by atoms with Gasteiger partial charge in [-0.25, -0.2) is 4.98 Å². The lowest BCUT2D eigenvalue weighted by atomic mass is 10.1. The van der Waals surface area contributed by atoms with E-state index in [1.54, 1.807) is 12.3 Å². The summed E-state index contributed by atoms with van der Waals surface area (Å²) >= 11 is 1.53. The summed E-state index contributed by atoms with van der Waals surface area (Å²) in [7, 11) is 0. The van der Waals surface area contributed by atoms with E-state index < -0.39 is 0 Å². The molecule has 0 aliphatic carbocycles. The normalized spacial score (nSPS) is 12.1. The van der Waals surface area contributed by atoms with E-state index in [0.717, 1.165) is 10.6 Å². The van der Waals surface area contributed by atoms with Crippen LogP contribution >= 0.6 is 11.3 Å². The van der Waals surface area contributed by atoms with E-state index in [2.05, 4.69) is 10.3 Å². The number of anilines is 1. The molecule has 1 aromatic heterocycles. The lowest BCUT2D eigenvalue weighted by Crippen LogP contribution is -2.28. The van der Waals surface area contributed by atoms with Gasteiger partial charge in [0.25, 0.3) is 0 Å². The number of carbonyl (C=O) groups excluding carboxylic acids is 1. The monoisotopic (exact) mass is 261 g/mol. The average Bonchev–Trinajstić information content (AvgIpc) is 2.85. The molecule has 0 saturated heterocycles. The number of amides is 1. The third-order valence-corrected chi connectivity index (χ3v) is 3.56. The van der Waals surface area contributed by atoms with Crippen molar-refractivity contribution in [3.63, 3.8) is 0 Å². The van der Waals surface area contributed by atoms with E-state index in [-0.39, 0.29) is 11.9 Å². The zero-order chi connectivity index (χ0) is 13.0. The van der Waals surface area contributed by atoms with Crippen LogP contribution in [0.5, 0.6) is 0 Å². The standard InChI is InChI=1S/C13H15N3OS/c1-9(13-15-6-7-18-13)16-12(17)8-10-4-2-3-5-11(10)14/h2-7,9H,8,14H2,1H3,(H,16,17). The Kier molecular flexibility index (Phi) is 3.94. The summed E-state index contributed by atoms with van der Waals surface area (Å²) in [6, 6.07) is 7.33. The molecule has 0 bridgehead atoms. The first kappa shape index (κ1) is 12.6. The van der Waals surface area contributed by atoms with Crippen LogP contribution in [0, 0.1) is 0 Å². The van der Waals surface area contributed by atoms with Crippen LogP contribution in [0.15, 0.2) is 35.8 Å². The molecule has 0 spiro atoms. The van der Waals surface area contributed by atoms with Gasteiger partial charge >= 0.3 is 0 Å². The van der Waals surface area contributed by atoms with Crippen molar-refractivity contribution in [2.45, 2.75) is 19.4 Å². The summed E-state index contributed by atoms with van der Waals surface area (Å²) in [5.74, 6) is -0.0457. The molecule has 1 atom stereocenters. The van der Waals surface area contributed by atoms with Crippen molar-refractivity contribution in [1.29, 1.82) is 0 Å². The Morgan fingerprint density at radius 2 is 2.28 bits per heavy atom. The summed E-state index contributed by atoms with van der Waals surface area (Å²) in [6.07, 6.45) is 2.03. The van der Waals surface area contributed by atoms with Crippen molar-refractivity contribution in [2.75, 3.05) is 5.73 Å². The number of benzene rings is 1. The van der Waals surface area contributed by atoms with E-state index in [9.17, 15) is 4.79 Å². The lowest BCUT2D eigenvalue weighted by molar-refractivity contribution is -0.121. The molecule has 18 heavy (non-hydrogen) atoms. The minimum atomic E-state index is -0.0672. The topological polar surface area (TPSA) is 68.0 Å². The molecule has 0 fully saturated rings. The van der Waals surface area contributed by atoms with Crippen LogP contribution in [0.25, 0.3) is 0 Å². The third-order valence-electron chi connectivity index (χ3n) is 2.61. The number of nitrogens with zero attached hydrogens (tertiary/aromatic N) is 1. The molecule has 4 nitrogen and oxygen atoms in total. The Morgan fingerprint density at radius 1 is 1.50 bits per heavy atom. The lowest BCUT2D eigenvalue weighted by Gasteiger charge is -2.11. The maximum absolute atomic E-state index is 11.9. The van der Waals surface area contributed by atoms with Gasteiger partial charge < -0.3 is 11.1 Å². The fourth-order valence-electron chi connectivity index (χ4n) is 1.67. The molecule has 0 aliphatic heterocycles. The Balaban J connectivity index is 1.95. The average molecular weight is 261 g/mol. The highest BCUT2D eigenvalue weighted by Crippen LogP contribution is 2.16. The highest BCUT2D eigenvalue weighted by atomic mass is 32.1. The highest BCUT2D eigenvalue weighted by molar-refractivity contribution is 7.09. The highest BCUT2D eigenvalue weighted by Gasteiger charge is 2.12. The Labute approximate surface area is 110 Å². The van der Waals surface area contributed by atoms with E-state index >= 15 is 0 Å². The summed E-state index contributed by atoms with van der Waals surface area (Å²) in [5, 5.41) is 5.71. The molecular weight excluding hydrogens is 246 g/mol. The van der Waals surface area contributed by atoms with Gasteiger partial charge in [0.1, 0.15) is 5.01 Å². The molecule has 1 unspecified atom stereocenters. The summed E-state index contributed by atoms with van der Waals surface area (Å²) in [4.78, 5) is 16.1. The second-order valence-corrected chi connectivity index (χ2v) is 4.96. The molecular formula is C13H15N3OS. The number of hydrogen-bond donors (Lipinski definition) is 2. The molecule has 0 radical (unpaired) electrons. The molecule has 94 valence electrons. The van der Waals surface area contributed by atoms with Crippen molar-refractivity contribution in [1.82, 2.24) is 10.3 Å².